The lowest BCUT2D eigenvalue weighted by molar-refractivity contribution is -0.0324. The van der Waals surface area contributed by atoms with Gasteiger partial charge >= 0.3 is 0 Å². The topological polar surface area (TPSA) is 32.3 Å². The Kier molecular flexibility index (Phi) is 5.46. The van der Waals surface area contributed by atoms with Crippen LogP contribution in [0.2, 0.25) is 0 Å². The van der Waals surface area contributed by atoms with Crippen LogP contribution in [0.25, 0.3) is 0 Å². The first-order valence-electron chi connectivity index (χ1n) is 7.24. The Hall–Kier alpha value is -0.0800. The van der Waals surface area contributed by atoms with Crippen LogP contribution in [0.1, 0.15) is 53.9 Å². The Labute approximate surface area is 107 Å². The third-order valence-corrected chi connectivity index (χ3v) is 4.09. The Balaban J connectivity index is 2.44. The van der Waals surface area contributed by atoms with Crippen LogP contribution in [-0.4, -0.2) is 23.8 Å². The predicted octanol–water partition coefficient (Wildman–Crippen LogP) is 3.06. The van der Waals surface area contributed by atoms with E-state index in [1.165, 1.54) is 19.3 Å². The number of aliphatic hydroxyl groups is 1. The van der Waals surface area contributed by atoms with Crippen LogP contribution in [0.5, 0.6) is 0 Å². The molecule has 1 fully saturated rings. The van der Waals surface area contributed by atoms with Crippen molar-refractivity contribution in [2.75, 3.05) is 13.1 Å². The molecule has 0 amide bonds. The van der Waals surface area contributed by atoms with Crippen molar-refractivity contribution in [3.05, 3.63) is 0 Å². The van der Waals surface area contributed by atoms with E-state index < -0.39 is 5.60 Å². The molecule has 3 atom stereocenters. The third kappa shape index (κ3) is 4.97. The zero-order valence-corrected chi connectivity index (χ0v) is 12.3. The van der Waals surface area contributed by atoms with E-state index in [1.54, 1.807) is 0 Å². The molecule has 0 aliphatic heterocycles. The van der Waals surface area contributed by atoms with Gasteiger partial charge in [0.15, 0.2) is 0 Å². The average Bonchev–Trinajstić information content (AvgIpc) is 2.14. The molecule has 0 bridgehead atoms. The minimum atomic E-state index is -0.544. The van der Waals surface area contributed by atoms with Gasteiger partial charge in [0.1, 0.15) is 0 Å². The van der Waals surface area contributed by atoms with Gasteiger partial charge in [-0.05, 0) is 56.4 Å². The smallest absolute Gasteiger partial charge is 0.0771 e. The van der Waals surface area contributed by atoms with Crippen LogP contribution in [-0.2, 0) is 0 Å². The molecule has 0 spiro atoms. The molecule has 2 nitrogen and oxygen atoms in total. The molecule has 0 aromatic heterocycles. The molecule has 0 saturated heterocycles. The van der Waals surface area contributed by atoms with E-state index in [2.05, 4.69) is 33.0 Å². The fourth-order valence-corrected chi connectivity index (χ4v) is 3.21. The minimum absolute atomic E-state index is 0.459. The Morgan fingerprint density at radius 2 is 1.71 bits per heavy atom. The largest absolute Gasteiger partial charge is 0.389 e. The van der Waals surface area contributed by atoms with Crippen molar-refractivity contribution in [1.29, 1.82) is 0 Å². The summed E-state index contributed by atoms with van der Waals surface area (Å²) in [7, 11) is 0. The quantitative estimate of drug-likeness (QED) is 0.775. The van der Waals surface area contributed by atoms with Crippen LogP contribution < -0.4 is 5.32 Å². The molecule has 0 aromatic rings. The average molecular weight is 241 g/mol. The van der Waals surface area contributed by atoms with Gasteiger partial charge in [-0.3, -0.25) is 0 Å². The van der Waals surface area contributed by atoms with Gasteiger partial charge in [0.05, 0.1) is 5.60 Å². The Bertz CT molecular complexity index is 215. The SMILES string of the molecule is CC(C)CNCC(C)(O)C1CC(C)CC(C)C1. The first-order chi connectivity index (χ1) is 7.81. The van der Waals surface area contributed by atoms with Gasteiger partial charge in [-0.15, -0.1) is 0 Å². The van der Waals surface area contributed by atoms with E-state index in [-0.39, 0.29) is 0 Å². The molecular formula is C15H31NO. The van der Waals surface area contributed by atoms with E-state index >= 15 is 0 Å². The lowest BCUT2D eigenvalue weighted by Crippen LogP contribution is -2.47. The summed E-state index contributed by atoms with van der Waals surface area (Å²) in [6, 6.07) is 0. The molecule has 17 heavy (non-hydrogen) atoms. The van der Waals surface area contributed by atoms with Crippen LogP contribution >= 0.6 is 0 Å². The molecule has 102 valence electrons. The second kappa shape index (κ2) is 6.19. The van der Waals surface area contributed by atoms with Crippen LogP contribution in [0, 0.1) is 23.7 Å². The monoisotopic (exact) mass is 241 g/mol. The van der Waals surface area contributed by atoms with E-state index in [0.717, 1.165) is 24.9 Å². The fourth-order valence-electron chi connectivity index (χ4n) is 3.21. The summed E-state index contributed by atoms with van der Waals surface area (Å²) in [6.45, 7) is 12.8. The summed E-state index contributed by atoms with van der Waals surface area (Å²) >= 11 is 0. The van der Waals surface area contributed by atoms with Gasteiger partial charge in [-0.2, -0.15) is 0 Å². The molecule has 1 aliphatic rings. The lowest BCUT2D eigenvalue weighted by atomic mass is 9.70. The summed E-state index contributed by atoms with van der Waals surface area (Å²) in [6.07, 6.45) is 3.69. The zero-order valence-electron chi connectivity index (χ0n) is 12.3. The van der Waals surface area contributed by atoms with E-state index in [0.29, 0.717) is 11.8 Å². The highest BCUT2D eigenvalue weighted by Crippen LogP contribution is 2.38. The molecule has 2 heteroatoms. The summed E-state index contributed by atoms with van der Waals surface area (Å²) in [5.41, 5.74) is -0.544. The number of rotatable bonds is 5. The molecule has 0 aromatic carbocycles. The number of nitrogens with one attached hydrogen (secondary N) is 1. The normalized spacial score (nSPS) is 33.7. The first kappa shape index (κ1) is 15.0. The Morgan fingerprint density at radius 1 is 1.18 bits per heavy atom. The lowest BCUT2D eigenvalue weighted by Gasteiger charge is -2.40. The van der Waals surface area contributed by atoms with Crippen LogP contribution in [0.15, 0.2) is 0 Å². The van der Waals surface area contributed by atoms with Crippen molar-refractivity contribution in [3.63, 3.8) is 0 Å². The molecular weight excluding hydrogens is 210 g/mol. The maximum atomic E-state index is 10.6. The van der Waals surface area contributed by atoms with Crippen molar-refractivity contribution < 1.29 is 5.11 Å². The summed E-state index contributed by atoms with van der Waals surface area (Å²) in [5, 5.41) is 14.0. The Morgan fingerprint density at radius 3 is 2.18 bits per heavy atom. The molecule has 0 radical (unpaired) electrons. The fraction of sp³-hybridized carbons (Fsp3) is 1.00. The minimum Gasteiger partial charge on any atom is -0.389 e. The van der Waals surface area contributed by atoms with Gasteiger partial charge in [0, 0.05) is 6.54 Å². The number of hydrogen-bond acceptors (Lipinski definition) is 2. The molecule has 3 unspecified atom stereocenters. The van der Waals surface area contributed by atoms with Crippen molar-refractivity contribution >= 4 is 0 Å². The zero-order chi connectivity index (χ0) is 13.1. The maximum Gasteiger partial charge on any atom is 0.0771 e. The van der Waals surface area contributed by atoms with Crippen molar-refractivity contribution in [3.8, 4) is 0 Å². The summed E-state index contributed by atoms with van der Waals surface area (Å²) < 4.78 is 0. The van der Waals surface area contributed by atoms with Crippen molar-refractivity contribution in [2.24, 2.45) is 23.7 Å². The summed E-state index contributed by atoms with van der Waals surface area (Å²) in [4.78, 5) is 0. The van der Waals surface area contributed by atoms with Crippen molar-refractivity contribution in [2.45, 2.75) is 59.5 Å². The molecule has 1 rings (SSSR count). The standard InChI is InChI=1S/C15H31NO/c1-11(2)9-16-10-15(5,17)14-7-12(3)6-13(4)8-14/h11-14,16-17H,6-10H2,1-5H3. The second-order valence-electron chi connectivity index (χ2n) is 7.00. The van der Waals surface area contributed by atoms with Gasteiger partial charge in [-0.1, -0.05) is 27.7 Å². The van der Waals surface area contributed by atoms with E-state index in [4.69, 9.17) is 0 Å². The van der Waals surface area contributed by atoms with Crippen LogP contribution in [0.4, 0.5) is 0 Å². The van der Waals surface area contributed by atoms with Crippen LogP contribution in [0.3, 0.4) is 0 Å². The van der Waals surface area contributed by atoms with Gasteiger partial charge in [0.2, 0.25) is 0 Å². The molecule has 0 heterocycles. The first-order valence-corrected chi connectivity index (χ1v) is 7.24. The highest BCUT2D eigenvalue weighted by molar-refractivity contribution is 4.89. The van der Waals surface area contributed by atoms with E-state index in [1.807, 2.05) is 6.92 Å². The molecule has 1 aliphatic carbocycles. The molecule has 2 N–H and O–H groups in total. The van der Waals surface area contributed by atoms with Gasteiger partial charge in [-0.25, -0.2) is 0 Å². The molecule has 1 saturated carbocycles. The van der Waals surface area contributed by atoms with Gasteiger partial charge in [0.25, 0.3) is 0 Å². The predicted molar refractivity (Wildman–Crippen MR) is 74.0 cm³/mol. The third-order valence-electron chi connectivity index (χ3n) is 4.09. The summed E-state index contributed by atoms with van der Waals surface area (Å²) in [5.74, 6) is 2.64. The van der Waals surface area contributed by atoms with Gasteiger partial charge < -0.3 is 10.4 Å². The highest BCUT2D eigenvalue weighted by Gasteiger charge is 2.36. The second-order valence-corrected chi connectivity index (χ2v) is 7.00. The number of hydrogen-bond donors (Lipinski definition) is 2. The highest BCUT2D eigenvalue weighted by atomic mass is 16.3. The van der Waals surface area contributed by atoms with E-state index in [9.17, 15) is 5.11 Å². The maximum absolute atomic E-state index is 10.6. The van der Waals surface area contributed by atoms with Crippen molar-refractivity contribution in [1.82, 2.24) is 5.32 Å².